The van der Waals surface area contributed by atoms with Crippen LogP contribution in [0.2, 0.25) is 0 Å². The number of anilines is 1. The molecule has 0 aliphatic rings. The summed E-state index contributed by atoms with van der Waals surface area (Å²) in [6, 6.07) is 6.02. The van der Waals surface area contributed by atoms with Crippen LogP contribution < -0.4 is 10.1 Å². The van der Waals surface area contributed by atoms with Crippen molar-refractivity contribution in [3.05, 3.63) is 59.7 Å². The summed E-state index contributed by atoms with van der Waals surface area (Å²) in [7, 11) is 1.76. The van der Waals surface area contributed by atoms with Gasteiger partial charge in [-0.05, 0) is 25.5 Å². The Bertz CT molecular complexity index is 866. The second-order valence-corrected chi connectivity index (χ2v) is 5.67. The molecule has 7 heteroatoms. The highest BCUT2D eigenvalue weighted by atomic mass is 16.5. The van der Waals surface area contributed by atoms with E-state index in [4.69, 9.17) is 4.74 Å². The molecular weight excluding hydrogens is 306 g/mol. The number of carbonyl (C=O) groups is 1. The Labute approximate surface area is 139 Å². The number of aromatic nitrogens is 4. The molecule has 0 unspecified atom stereocenters. The number of hydrogen-bond acceptors (Lipinski definition) is 4. The number of hydrogen-bond donors (Lipinski definition) is 1. The second kappa shape index (κ2) is 6.57. The Hall–Kier alpha value is -3.09. The molecule has 1 amide bonds. The molecule has 0 atom stereocenters. The minimum absolute atomic E-state index is 0.224. The molecule has 0 spiro atoms. The normalized spacial score (nSPS) is 10.6. The van der Waals surface area contributed by atoms with E-state index in [1.54, 1.807) is 35.0 Å². The Balaban J connectivity index is 1.60. The number of nitrogens with zero attached hydrogens (tertiary/aromatic N) is 4. The monoisotopic (exact) mass is 325 g/mol. The molecule has 7 nitrogen and oxygen atoms in total. The van der Waals surface area contributed by atoms with E-state index < -0.39 is 0 Å². The van der Waals surface area contributed by atoms with Gasteiger partial charge in [0.2, 0.25) is 0 Å². The first-order valence-electron chi connectivity index (χ1n) is 7.54. The quantitative estimate of drug-likeness (QED) is 0.782. The molecule has 0 aliphatic heterocycles. The summed E-state index contributed by atoms with van der Waals surface area (Å²) in [4.78, 5) is 12.1. The minimum atomic E-state index is -0.224. The molecule has 0 fully saturated rings. The van der Waals surface area contributed by atoms with Gasteiger partial charge in [-0.25, -0.2) is 4.68 Å². The fourth-order valence-electron chi connectivity index (χ4n) is 2.34. The first-order chi connectivity index (χ1) is 11.5. The molecule has 124 valence electrons. The van der Waals surface area contributed by atoms with Crippen LogP contribution in [-0.4, -0.2) is 25.5 Å². The number of aryl methyl sites for hydroxylation is 3. The van der Waals surface area contributed by atoms with E-state index in [0.29, 0.717) is 11.3 Å². The molecule has 0 saturated carbocycles. The average molecular weight is 325 g/mol. The van der Waals surface area contributed by atoms with E-state index >= 15 is 0 Å². The van der Waals surface area contributed by atoms with Crippen molar-refractivity contribution in [3.8, 4) is 5.75 Å². The summed E-state index contributed by atoms with van der Waals surface area (Å²) in [5, 5.41) is 10.9. The number of benzene rings is 1. The van der Waals surface area contributed by atoms with Gasteiger partial charge in [0, 0.05) is 13.2 Å². The largest absolute Gasteiger partial charge is 0.471 e. The van der Waals surface area contributed by atoms with Gasteiger partial charge in [-0.2, -0.15) is 10.2 Å². The van der Waals surface area contributed by atoms with Crippen LogP contribution in [0.5, 0.6) is 5.75 Å². The molecule has 0 saturated heterocycles. The van der Waals surface area contributed by atoms with Crippen LogP contribution in [0, 0.1) is 13.8 Å². The zero-order chi connectivity index (χ0) is 17.1. The van der Waals surface area contributed by atoms with E-state index in [-0.39, 0.29) is 12.6 Å². The zero-order valence-electron chi connectivity index (χ0n) is 13.9. The standard InChI is InChI=1S/C17H19N5O2/c1-12-4-5-16(13(2)6-12)24-11-22-10-15(8-19-22)20-17(23)14-7-18-21(3)9-14/h4-10H,11H2,1-3H3,(H,20,23). The van der Waals surface area contributed by atoms with E-state index in [1.807, 2.05) is 26.0 Å². The third-order valence-electron chi connectivity index (χ3n) is 3.54. The van der Waals surface area contributed by atoms with Crippen LogP contribution in [0.25, 0.3) is 0 Å². The molecular formula is C17H19N5O2. The maximum atomic E-state index is 12.1. The number of nitrogens with one attached hydrogen (secondary N) is 1. The van der Waals surface area contributed by atoms with Crippen LogP contribution in [0.3, 0.4) is 0 Å². The van der Waals surface area contributed by atoms with Gasteiger partial charge in [-0.1, -0.05) is 17.7 Å². The van der Waals surface area contributed by atoms with Crippen molar-refractivity contribution >= 4 is 11.6 Å². The van der Waals surface area contributed by atoms with Crippen molar-refractivity contribution in [2.75, 3.05) is 5.32 Å². The first-order valence-corrected chi connectivity index (χ1v) is 7.54. The summed E-state index contributed by atoms with van der Waals surface area (Å²) in [6.45, 7) is 4.32. The van der Waals surface area contributed by atoms with Gasteiger partial charge in [0.1, 0.15) is 5.75 Å². The molecule has 2 aromatic heterocycles. The molecule has 3 aromatic rings. The zero-order valence-corrected chi connectivity index (χ0v) is 13.9. The Morgan fingerprint density at radius 3 is 2.75 bits per heavy atom. The van der Waals surface area contributed by atoms with Gasteiger partial charge in [0.05, 0.1) is 29.8 Å². The molecule has 1 aromatic carbocycles. The summed E-state index contributed by atoms with van der Waals surface area (Å²) in [5.74, 6) is 0.593. The summed E-state index contributed by atoms with van der Waals surface area (Å²) >= 11 is 0. The molecule has 3 rings (SSSR count). The SMILES string of the molecule is Cc1ccc(OCn2cc(NC(=O)c3cnn(C)c3)cn2)c(C)c1. The molecule has 0 aliphatic carbocycles. The molecule has 0 radical (unpaired) electrons. The van der Waals surface area contributed by atoms with Crippen LogP contribution in [-0.2, 0) is 13.8 Å². The van der Waals surface area contributed by atoms with Crippen molar-refractivity contribution in [2.24, 2.45) is 7.05 Å². The smallest absolute Gasteiger partial charge is 0.258 e. The first kappa shape index (κ1) is 15.8. The Kier molecular flexibility index (Phi) is 4.33. The van der Waals surface area contributed by atoms with Gasteiger partial charge in [-0.15, -0.1) is 0 Å². The Morgan fingerprint density at radius 2 is 2.04 bits per heavy atom. The second-order valence-electron chi connectivity index (χ2n) is 5.67. The highest BCUT2D eigenvalue weighted by Gasteiger charge is 2.09. The number of ether oxygens (including phenoxy) is 1. The van der Waals surface area contributed by atoms with Gasteiger partial charge in [0.25, 0.3) is 5.91 Å². The maximum Gasteiger partial charge on any atom is 0.258 e. The number of carbonyl (C=O) groups excluding carboxylic acids is 1. The molecule has 24 heavy (non-hydrogen) atoms. The lowest BCUT2D eigenvalue weighted by Crippen LogP contribution is -2.11. The summed E-state index contributed by atoms with van der Waals surface area (Å²) < 4.78 is 8.96. The van der Waals surface area contributed by atoms with Gasteiger partial charge >= 0.3 is 0 Å². The molecule has 0 bridgehead atoms. The van der Waals surface area contributed by atoms with E-state index in [2.05, 4.69) is 21.6 Å². The number of rotatable bonds is 5. The lowest BCUT2D eigenvalue weighted by atomic mass is 10.1. The van der Waals surface area contributed by atoms with Crippen molar-refractivity contribution in [1.29, 1.82) is 0 Å². The average Bonchev–Trinajstić information content (AvgIpc) is 3.15. The predicted molar refractivity (Wildman–Crippen MR) is 89.9 cm³/mol. The van der Waals surface area contributed by atoms with Crippen LogP contribution >= 0.6 is 0 Å². The molecule has 1 N–H and O–H groups in total. The van der Waals surface area contributed by atoms with Crippen LogP contribution in [0.4, 0.5) is 5.69 Å². The van der Waals surface area contributed by atoms with E-state index in [9.17, 15) is 4.79 Å². The highest BCUT2D eigenvalue weighted by Crippen LogP contribution is 2.19. The maximum absolute atomic E-state index is 12.1. The van der Waals surface area contributed by atoms with Crippen molar-refractivity contribution in [3.63, 3.8) is 0 Å². The Morgan fingerprint density at radius 1 is 1.21 bits per heavy atom. The minimum Gasteiger partial charge on any atom is -0.471 e. The van der Waals surface area contributed by atoms with Crippen molar-refractivity contribution in [2.45, 2.75) is 20.6 Å². The van der Waals surface area contributed by atoms with E-state index in [0.717, 1.165) is 11.3 Å². The third kappa shape index (κ3) is 3.62. The fourth-order valence-corrected chi connectivity index (χ4v) is 2.34. The summed E-state index contributed by atoms with van der Waals surface area (Å²) in [5.41, 5.74) is 3.37. The number of amides is 1. The van der Waals surface area contributed by atoms with Crippen LogP contribution in [0.15, 0.2) is 43.0 Å². The topological polar surface area (TPSA) is 74.0 Å². The summed E-state index contributed by atoms with van der Waals surface area (Å²) in [6.07, 6.45) is 6.48. The van der Waals surface area contributed by atoms with Crippen molar-refractivity contribution in [1.82, 2.24) is 19.6 Å². The van der Waals surface area contributed by atoms with Gasteiger partial charge in [0.15, 0.2) is 6.73 Å². The van der Waals surface area contributed by atoms with Crippen LogP contribution in [0.1, 0.15) is 21.5 Å². The molecule has 2 heterocycles. The highest BCUT2D eigenvalue weighted by molar-refractivity contribution is 6.03. The third-order valence-corrected chi connectivity index (χ3v) is 3.54. The van der Waals surface area contributed by atoms with Gasteiger partial charge in [-0.3, -0.25) is 9.48 Å². The van der Waals surface area contributed by atoms with Crippen molar-refractivity contribution < 1.29 is 9.53 Å². The van der Waals surface area contributed by atoms with E-state index in [1.165, 1.54) is 11.8 Å². The predicted octanol–water partition coefficient (Wildman–Crippen LogP) is 2.52. The lowest BCUT2D eigenvalue weighted by molar-refractivity contribution is 0.102. The fraction of sp³-hybridized carbons (Fsp3) is 0.235. The van der Waals surface area contributed by atoms with Gasteiger partial charge < -0.3 is 10.1 Å². The lowest BCUT2D eigenvalue weighted by Gasteiger charge is -2.09.